The summed E-state index contributed by atoms with van der Waals surface area (Å²) < 4.78 is 25.2. The smallest absolute Gasteiger partial charge is 0.254 e. The average Bonchev–Trinajstić information content (AvgIpc) is 2.98. The summed E-state index contributed by atoms with van der Waals surface area (Å²) in [5, 5.41) is 8.50. The monoisotopic (exact) mass is 362 g/mol. The first-order chi connectivity index (χ1) is 11.7. The van der Waals surface area contributed by atoms with Gasteiger partial charge in [-0.1, -0.05) is 13.8 Å². The molecule has 0 saturated carbocycles. The Labute approximate surface area is 147 Å². The number of rotatable bonds is 3. The highest BCUT2D eigenvalue weighted by Crippen LogP contribution is 2.26. The molecule has 2 aromatic rings. The van der Waals surface area contributed by atoms with Crippen molar-refractivity contribution >= 4 is 15.7 Å². The topological polar surface area (TPSA) is 85.2 Å². The third kappa shape index (κ3) is 3.30. The minimum absolute atomic E-state index is 0.0930. The number of carbonyl (C=O) groups excluding carboxylic acids is 1. The highest BCUT2D eigenvalue weighted by Gasteiger charge is 2.30. The molecule has 0 bridgehead atoms. The number of fused-ring (bicyclic) bond motifs is 1. The first kappa shape index (κ1) is 17.6. The van der Waals surface area contributed by atoms with Gasteiger partial charge in [0.05, 0.1) is 17.5 Å². The lowest BCUT2D eigenvalue weighted by molar-refractivity contribution is 0.0679. The van der Waals surface area contributed by atoms with Crippen molar-refractivity contribution in [3.63, 3.8) is 0 Å². The van der Waals surface area contributed by atoms with E-state index >= 15 is 0 Å². The molecule has 0 aliphatic carbocycles. The quantitative estimate of drug-likeness (QED) is 0.834. The van der Waals surface area contributed by atoms with E-state index in [1.165, 1.54) is 12.1 Å². The van der Waals surface area contributed by atoms with Crippen LogP contribution in [0.3, 0.4) is 0 Å². The van der Waals surface area contributed by atoms with Gasteiger partial charge < -0.3 is 9.47 Å². The molecule has 0 spiro atoms. The second kappa shape index (κ2) is 6.25. The van der Waals surface area contributed by atoms with Gasteiger partial charge in [-0.2, -0.15) is 0 Å². The normalized spacial score (nSPS) is 17.6. The zero-order valence-electron chi connectivity index (χ0n) is 14.8. The maximum Gasteiger partial charge on any atom is 0.254 e. The average molecular weight is 362 g/mol. The van der Waals surface area contributed by atoms with Gasteiger partial charge in [-0.05, 0) is 31.2 Å². The van der Waals surface area contributed by atoms with Crippen LogP contribution in [0, 0.1) is 0 Å². The molecule has 0 N–H and O–H groups in total. The lowest BCUT2D eigenvalue weighted by atomic mass is 10.1. The molecule has 0 fully saturated rings. The van der Waals surface area contributed by atoms with Crippen molar-refractivity contribution in [1.82, 2.24) is 19.7 Å². The first-order valence-corrected chi connectivity index (χ1v) is 10.1. The van der Waals surface area contributed by atoms with Crippen molar-refractivity contribution in [3.05, 3.63) is 41.5 Å². The van der Waals surface area contributed by atoms with E-state index in [1.807, 2.05) is 6.92 Å². The van der Waals surface area contributed by atoms with Gasteiger partial charge in [-0.25, -0.2) is 8.42 Å². The predicted octanol–water partition coefficient (Wildman–Crippen LogP) is 2.02. The molecule has 1 aromatic carbocycles. The number of carbonyl (C=O) groups is 1. The van der Waals surface area contributed by atoms with Gasteiger partial charge in [-0.15, -0.1) is 10.2 Å². The van der Waals surface area contributed by atoms with Crippen LogP contribution in [-0.4, -0.2) is 46.8 Å². The molecule has 7 nitrogen and oxygen atoms in total. The molecular weight excluding hydrogens is 340 g/mol. The molecule has 0 saturated heterocycles. The van der Waals surface area contributed by atoms with Crippen LogP contribution in [0.25, 0.3) is 0 Å². The predicted molar refractivity (Wildman–Crippen MR) is 93.1 cm³/mol. The summed E-state index contributed by atoms with van der Waals surface area (Å²) >= 11 is 0. The molecule has 1 amide bonds. The minimum Gasteiger partial charge on any atom is -0.329 e. The number of sulfone groups is 1. The fraction of sp³-hybridized carbons (Fsp3) is 0.471. The molecule has 8 heteroatoms. The van der Waals surface area contributed by atoms with Crippen LogP contribution in [-0.2, 0) is 16.4 Å². The fourth-order valence-electron chi connectivity index (χ4n) is 3.14. The van der Waals surface area contributed by atoms with Crippen molar-refractivity contribution in [3.8, 4) is 0 Å². The molecule has 3 rings (SSSR count). The molecular formula is C17H22N4O3S. The Kier molecular flexibility index (Phi) is 4.40. The Balaban J connectivity index is 1.84. The summed E-state index contributed by atoms with van der Waals surface area (Å²) in [4.78, 5) is 14.7. The second-order valence-electron chi connectivity index (χ2n) is 6.83. The Morgan fingerprint density at radius 1 is 1.20 bits per heavy atom. The summed E-state index contributed by atoms with van der Waals surface area (Å²) in [7, 11) is -3.27. The lowest BCUT2D eigenvalue weighted by Crippen LogP contribution is -2.40. The van der Waals surface area contributed by atoms with Crippen LogP contribution >= 0.6 is 0 Å². The summed E-state index contributed by atoms with van der Waals surface area (Å²) in [5.41, 5.74) is 0.469. The summed E-state index contributed by atoms with van der Waals surface area (Å²) in [5.74, 6) is 1.86. The molecule has 1 aromatic heterocycles. The van der Waals surface area contributed by atoms with Gasteiger partial charge in [0.25, 0.3) is 5.91 Å². The molecule has 25 heavy (non-hydrogen) atoms. The first-order valence-electron chi connectivity index (χ1n) is 8.21. The lowest BCUT2D eigenvalue weighted by Gasteiger charge is -2.33. The summed E-state index contributed by atoms with van der Waals surface area (Å²) in [6.45, 7) is 7.16. The Morgan fingerprint density at radius 2 is 1.84 bits per heavy atom. The van der Waals surface area contributed by atoms with Gasteiger partial charge >= 0.3 is 0 Å². The second-order valence-corrected chi connectivity index (χ2v) is 8.85. The van der Waals surface area contributed by atoms with E-state index in [0.717, 1.165) is 17.9 Å². The third-order valence-electron chi connectivity index (χ3n) is 4.38. The number of aromatic nitrogens is 3. The molecule has 2 heterocycles. The summed E-state index contributed by atoms with van der Waals surface area (Å²) in [6.07, 6.45) is 1.15. The third-order valence-corrected chi connectivity index (χ3v) is 5.51. The number of hydrogen-bond donors (Lipinski definition) is 0. The van der Waals surface area contributed by atoms with E-state index in [4.69, 9.17) is 0 Å². The Hall–Kier alpha value is -2.22. The van der Waals surface area contributed by atoms with Gasteiger partial charge in [0.1, 0.15) is 5.82 Å². The van der Waals surface area contributed by atoms with Crippen molar-refractivity contribution < 1.29 is 13.2 Å². The van der Waals surface area contributed by atoms with E-state index in [-0.39, 0.29) is 22.8 Å². The van der Waals surface area contributed by atoms with Crippen molar-refractivity contribution in [1.29, 1.82) is 0 Å². The van der Waals surface area contributed by atoms with E-state index in [9.17, 15) is 13.2 Å². The SMILES string of the molecule is CC(C)c1nnc2n1[C@@H](C)CN(C(=O)c1ccc(S(C)(=O)=O)cc1)C2. The Morgan fingerprint density at radius 3 is 2.40 bits per heavy atom. The fourth-order valence-corrected chi connectivity index (χ4v) is 3.77. The van der Waals surface area contributed by atoms with Crippen LogP contribution in [0.15, 0.2) is 29.2 Å². The highest BCUT2D eigenvalue weighted by atomic mass is 32.2. The number of nitrogens with zero attached hydrogens (tertiary/aromatic N) is 4. The molecule has 0 unspecified atom stereocenters. The number of amides is 1. The molecule has 0 radical (unpaired) electrons. The number of hydrogen-bond acceptors (Lipinski definition) is 5. The van der Waals surface area contributed by atoms with E-state index in [1.54, 1.807) is 17.0 Å². The maximum absolute atomic E-state index is 12.8. The molecule has 1 atom stereocenters. The van der Waals surface area contributed by atoms with Gasteiger partial charge in [0.15, 0.2) is 15.7 Å². The van der Waals surface area contributed by atoms with Crippen LogP contribution in [0.2, 0.25) is 0 Å². The highest BCUT2D eigenvalue weighted by molar-refractivity contribution is 7.90. The van der Waals surface area contributed by atoms with Crippen LogP contribution < -0.4 is 0 Å². The molecule has 1 aliphatic rings. The van der Waals surface area contributed by atoms with E-state index in [2.05, 4.69) is 28.6 Å². The largest absolute Gasteiger partial charge is 0.329 e. The zero-order valence-corrected chi connectivity index (χ0v) is 15.6. The van der Waals surface area contributed by atoms with Crippen molar-refractivity contribution in [2.45, 2.75) is 44.2 Å². The minimum atomic E-state index is -3.27. The van der Waals surface area contributed by atoms with Gasteiger partial charge in [-0.3, -0.25) is 4.79 Å². The standard InChI is InChI=1S/C17H22N4O3S/c1-11(2)16-19-18-15-10-20(9-12(3)21(15)16)17(22)13-5-7-14(8-6-13)25(4,23)24/h5-8,11-12H,9-10H2,1-4H3/t12-/m0/s1. The van der Waals surface area contributed by atoms with E-state index in [0.29, 0.717) is 18.7 Å². The van der Waals surface area contributed by atoms with Crippen molar-refractivity contribution in [2.75, 3.05) is 12.8 Å². The Bertz CT molecular complexity index is 900. The van der Waals surface area contributed by atoms with Crippen LogP contribution in [0.5, 0.6) is 0 Å². The van der Waals surface area contributed by atoms with Gasteiger partial charge in [0.2, 0.25) is 0 Å². The zero-order chi connectivity index (χ0) is 18.4. The van der Waals surface area contributed by atoms with Crippen molar-refractivity contribution in [2.24, 2.45) is 0 Å². The van der Waals surface area contributed by atoms with E-state index < -0.39 is 9.84 Å². The van der Waals surface area contributed by atoms with Gasteiger partial charge in [0, 0.05) is 24.3 Å². The maximum atomic E-state index is 12.8. The molecule has 1 aliphatic heterocycles. The summed E-state index contributed by atoms with van der Waals surface area (Å²) in [6, 6.07) is 6.14. The number of benzene rings is 1. The van der Waals surface area contributed by atoms with Crippen LogP contribution in [0.4, 0.5) is 0 Å². The molecule has 134 valence electrons. The van der Waals surface area contributed by atoms with Crippen LogP contribution in [0.1, 0.15) is 54.7 Å².